The molecular formula is C30H40O7. The van der Waals surface area contributed by atoms with Gasteiger partial charge >= 0.3 is 11.9 Å². The van der Waals surface area contributed by atoms with Gasteiger partial charge in [0.25, 0.3) is 0 Å². The lowest BCUT2D eigenvalue weighted by molar-refractivity contribution is -0.324. The molecule has 0 amide bonds. The smallest absolute Gasteiger partial charge is 0.339 e. The Balaban J connectivity index is 1.60. The number of furan rings is 1. The number of cyclic esters (lactones) is 1. The predicted molar refractivity (Wildman–Crippen MR) is 133 cm³/mol. The Hall–Kier alpha value is -2.15. The first-order chi connectivity index (χ1) is 17.1. The molecule has 9 unspecified atom stereocenters. The average Bonchev–Trinajstić information content (AvgIpc) is 3.39. The first-order valence-corrected chi connectivity index (χ1v) is 13.7. The van der Waals surface area contributed by atoms with Crippen LogP contribution in [0.5, 0.6) is 0 Å². The quantitative estimate of drug-likeness (QED) is 0.378. The van der Waals surface area contributed by atoms with Gasteiger partial charge in [-0.3, -0.25) is 9.59 Å². The van der Waals surface area contributed by atoms with Crippen molar-refractivity contribution in [3.63, 3.8) is 0 Å². The van der Waals surface area contributed by atoms with Gasteiger partial charge in [-0.1, -0.05) is 48.5 Å². The molecule has 7 nitrogen and oxygen atoms in total. The minimum Gasteiger partial charge on any atom is -0.472 e. The van der Waals surface area contributed by atoms with Crippen LogP contribution < -0.4 is 0 Å². The Bertz CT molecular complexity index is 1200. The molecule has 9 atom stereocenters. The predicted octanol–water partition coefficient (Wildman–Crippen LogP) is 5.56. The van der Waals surface area contributed by atoms with Crippen LogP contribution >= 0.6 is 0 Å². The van der Waals surface area contributed by atoms with E-state index in [9.17, 15) is 14.4 Å². The summed E-state index contributed by atoms with van der Waals surface area (Å²) in [4.78, 5) is 39.4. The largest absolute Gasteiger partial charge is 0.472 e. The molecule has 202 valence electrons. The van der Waals surface area contributed by atoms with Gasteiger partial charge in [-0.2, -0.15) is 0 Å². The molecule has 37 heavy (non-hydrogen) atoms. The van der Waals surface area contributed by atoms with E-state index >= 15 is 0 Å². The molecule has 5 aliphatic rings. The molecule has 3 aliphatic carbocycles. The fourth-order valence-corrected chi connectivity index (χ4v) is 10.3. The van der Waals surface area contributed by atoms with E-state index in [1.807, 2.05) is 6.07 Å². The molecule has 0 N–H and O–H groups in total. The number of hydrogen-bond donors (Lipinski definition) is 0. The van der Waals surface area contributed by atoms with Crippen LogP contribution in [0, 0.1) is 32.5 Å². The lowest BCUT2D eigenvalue weighted by Gasteiger charge is -2.77. The van der Waals surface area contributed by atoms with Crippen molar-refractivity contribution in [3.05, 3.63) is 24.2 Å². The van der Waals surface area contributed by atoms with E-state index in [-0.39, 0.29) is 23.1 Å². The van der Waals surface area contributed by atoms with Crippen molar-refractivity contribution in [2.45, 2.75) is 111 Å². The summed E-state index contributed by atoms with van der Waals surface area (Å²) in [5.41, 5.74) is -2.97. The highest BCUT2D eigenvalue weighted by Crippen LogP contribution is 2.86. The van der Waals surface area contributed by atoms with Crippen molar-refractivity contribution in [1.29, 1.82) is 0 Å². The third kappa shape index (κ3) is 2.39. The second kappa shape index (κ2) is 6.88. The standard InChI is InChI=1S/C30H40O7/c1-17(31)35-20-15-28(7)24(2,3)19(32)9-11-26(28,5)27(6)13-12-25(4)21(18-10-14-34-16-18)36-23(33)22-30(25,37-22)29(20,27)8/h10,14,16,20-22H,9,11-13,15H2,1-8H3. The lowest BCUT2D eigenvalue weighted by atomic mass is 9.26. The summed E-state index contributed by atoms with van der Waals surface area (Å²) < 4.78 is 24.3. The van der Waals surface area contributed by atoms with Crippen molar-refractivity contribution < 1.29 is 33.0 Å². The summed E-state index contributed by atoms with van der Waals surface area (Å²) in [7, 11) is 0. The number of ketones is 1. The third-order valence-corrected chi connectivity index (χ3v) is 13.3. The van der Waals surface area contributed by atoms with Gasteiger partial charge in [0.15, 0.2) is 6.10 Å². The van der Waals surface area contributed by atoms with Crippen molar-refractivity contribution in [3.8, 4) is 0 Å². The number of ether oxygens (including phenoxy) is 3. The molecule has 3 saturated carbocycles. The molecule has 0 aromatic carbocycles. The zero-order valence-corrected chi connectivity index (χ0v) is 23.4. The molecule has 7 heteroatoms. The SMILES string of the molecule is CC(=O)OC1CC2(C)C(C)(C)C(=O)CCC2(C)C2(C)CCC3(C)C(c4ccoc4)OC(=O)C4OC43C12C. The van der Waals surface area contributed by atoms with Crippen LogP contribution in [0.25, 0.3) is 0 Å². The first kappa shape index (κ1) is 25.1. The van der Waals surface area contributed by atoms with Crippen LogP contribution in [0.3, 0.4) is 0 Å². The van der Waals surface area contributed by atoms with Crippen molar-refractivity contribution in [2.75, 3.05) is 0 Å². The Labute approximate surface area is 219 Å². The highest BCUT2D eigenvalue weighted by Gasteiger charge is 2.91. The first-order valence-electron chi connectivity index (χ1n) is 13.7. The third-order valence-electron chi connectivity index (χ3n) is 13.3. The number of esters is 2. The van der Waals surface area contributed by atoms with Gasteiger partial charge in [0.05, 0.1) is 12.5 Å². The van der Waals surface area contributed by atoms with Gasteiger partial charge in [0.1, 0.15) is 23.6 Å². The van der Waals surface area contributed by atoms with Crippen molar-refractivity contribution in [2.24, 2.45) is 32.5 Å². The summed E-state index contributed by atoms with van der Waals surface area (Å²) in [6.07, 6.45) is 4.90. The highest BCUT2D eigenvalue weighted by atomic mass is 16.7. The fourth-order valence-electron chi connectivity index (χ4n) is 10.3. The van der Waals surface area contributed by atoms with Crippen LogP contribution in [0.4, 0.5) is 0 Å². The number of Topliss-reactive ketones (excluding diaryl/α,β-unsaturated/α-hetero) is 1. The molecule has 6 rings (SSSR count). The number of carbonyl (C=O) groups is 3. The zero-order valence-electron chi connectivity index (χ0n) is 23.4. The van der Waals surface area contributed by atoms with Gasteiger partial charge in [-0.25, -0.2) is 4.79 Å². The lowest BCUT2D eigenvalue weighted by Crippen LogP contribution is -2.79. The second-order valence-electron chi connectivity index (χ2n) is 14.1. The molecule has 1 aromatic heterocycles. The maximum Gasteiger partial charge on any atom is 0.339 e. The Morgan fingerprint density at radius 2 is 1.65 bits per heavy atom. The highest BCUT2D eigenvalue weighted by molar-refractivity contribution is 5.86. The maximum atomic E-state index is 13.4. The van der Waals surface area contributed by atoms with E-state index in [4.69, 9.17) is 18.6 Å². The van der Waals surface area contributed by atoms with Crippen molar-refractivity contribution in [1.82, 2.24) is 0 Å². The number of hydrogen-bond acceptors (Lipinski definition) is 7. The monoisotopic (exact) mass is 512 g/mol. The molecule has 0 bridgehead atoms. The number of fused-ring (bicyclic) bond motifs is 3. The topological polar surface area (TPSA) is 95.3 Å². The summed E-state index contributed by atoms with van der Waals surface area (Å²) >= 11 is 0. The number of rotatable bonds is 2. The summed E-state index contributed by atoms with van der Waals surface area (Å²) in [5, 5.41) is 0. The fraction of sp³-hybridized carbons (Fsp3) is 0.767. The molecule has 1 aromatic rings. The minimum atomic E-state index is -0.875. The molecule has 2 saturated heterocycles. The van der Waals surface area contributed by atoms with Gasteiger partial charge in [-0.05, 0) is 48.0 Å². The van der Waals surface area contributed by atoms with Gasteiger partial charge in [0, 0.05) is 35.2 Å². The molecule has 1 spiro atoms. The van der Waals surface area contributed by atoms with E-state index in [0.717, 1.165) is 24.8 Å². The van der Waals surface area contributed by atoms with Crippen LogP contribution in [0.15, 0.2) is 23.0 Å². The number of epoxide rings is 1. The second-order valence-corrected chi connectivity index (χ2v) is 14.1. The number of carbonyl (C=O) groups excluding carboxylic acids is 3. The van der Waals surface area contributed by atoms with E-state index in [2.05, 4.69) is 48.5 Å². The molecular weight excluding hydrogens is 472 g/mol. The van der Waals surface area contributed by atoms with Gasteiger partial charge < -0.3 is 18.6 Å². The molecule has 5 fully saturated rings. The summed E-state index contributed by atoms with van der Waals surface area (Å²) in [5.74, 6) is -0.457. The van der Waals surface area contributed by atoms with Gasteiger partial charge in [-0.15, -0.1) is 0 Å². The zero-order chi connectivity index (χ0) is 27.0. The van der Waals surface area contributed by atoms with Gasteiger partial charge in [0.2, 0.25) is 0 Å². The normalized spacial score (nSPS) is 51.6. The van der Waals surface area contributed by atoms with E-state index in [1.54, 1.807) is 12.5 Å². The Kier molecular flexibility index (Phi) is 4.68. The molecule has 2 aliphatic heterocycles. The van der Waals surface area contributed by atoms with Crippen molar-refractivity contribution >= 4 is 17.7 Å². The Morgan fingerprint density at radius 3 is 2.27 bits per heavy atom. The Morgan fingerprint density at radius 1 is 0.946 bits per heavy atom. The minimum absolute atomic E-state index is 0.262. The molecule has 0 radical (unpaired) electrons. The van der Waals surface area contributed by atoms with Crippen LogP contribution in [-0.2, 0) is 28.6 Å². The van der Waals surface area contributed by atoms with Crippen LogP contribution in [-0.4, -0.2) is 35.5 Å². The molecule has 3 heterocycles. The summed E-state index contributed by atoms with van der Waals surface area (Å²) in [6, 6.07) is 1.85. The van der Waals surface area contributed by atoms with E-state index in [1.165, 1.54) is 6.92 Å². The van der Waals surface area contributed by atoms with E-state index in [0.29, 0.717) is 12.8 Å². The average molecular weight is 513 g/mol. The maximum absolute atomic E-state index is 13.4. The summed E-state index contributed by atoms with van der Waals surface area (Å²) in [6.45, 7) is 16.8. The van der Waals surface area contributed by atoms with Crippen LogP contribution in [0.1, 0.15) is 99.2 Å². The van der Waals surface area contributed by atoms with E-state index < -0.39 is 51.0 Å². The van der Waals surface area contributed by atoms with Crippen LogP contribution in [0.2, 0.25) is 0 Å².